The molecule has 1 saturated heterocycles. The van der Waals surface area contributed by atoms with Crippen LogP contribution >= 0.6 is 0 Å². The number of aliphatic hydroxyl groups is 1. The Morgan fingerprint density at radius 2 is 1.58 bits per heavy atom. The van der Waals surface area contributed by atoms with Crippen molar-refractivity contribution in [3.8, 4) is 0 Å². The van der Waals surface area contributed by atoms with Crippen LogP contribution in [0.5, 0.6) is 0 Å². The quantitative estimate of drug-likeness (QED) is 0.407. The zero-order valence-electron chi connectivity index (χ0n) is 15.3. The molecule has 5 heteroatoms. The molecule has 1 rings (SSSR count). The van der Waals surface area contributed by atoms with Gasteiger partial charge in [-0.05, 0) is 6.42 Å². The van der Waals surface area contributed by atoms with E-state index in [2.05, 4.69) is 6.92 Å². The number of aliphatic hydroxyl groups excluding tert-OH is 1. The SMILES string of the molecule is CCCCCCCCCCCCC1C(=O)O[C@H](CO)[C@H]1OC(C)=O. The lowest BCUT2D eigenvalue weighted by Crippen LogP contribution is -2.34. The summed E-state index contributed by atoms with van der Waals surface area (Å²) in [5.74, 6) is -1.22. The third kappa shape index (κ3) is 7.65. The minimum atomic E-state index is -0.713. The molecule has 1 aliphatic rings. The van der Waals surface area contributed by atoms with Gasteiger partial charge >= 0.3 is 11.9 Å². The largest absolute Gasteiger partial charge is 0.458 e. The lowest BCUT2D eigenvalue weighted by Gasteiger charge is -2.19. The first-order valence-electron chi connectivity index (χ1n) is 9.58. The first-order chi connectivity index (χ1) is 11.6. The minimum Gasteiger partial charge on any atom is -0.458 e. The van der Waals surface area contributed by atoms with Crippen molar-refractivity contribution in [1.82, 2.24) is 0 Å². The highest BCUT2D eigenvalue weighted by atomic mass is 16.6. The molecule has 1 unspecified atom stereocenters. The van der Waals surface area contributed by atoms with Gasteiger partial charge < -0.3 is 14.6 Å². The van der Waals surface area contributed by atoms with Crippen LogP contribution in [0.15, 0.2) is 0 Å². The Balaban J connectivity index is 2.16. The fraction of sp³-hybridized carbons (Fsp3) is 0.895. The fourth-order valence-corrected chi connectivity index (χ4v) is 3.32. The van der Waals surface area contributed by atoms with Crippen LogP contribution in [-0.2, 0) is 19.1 Å². The van der Waals surface area contributed by atoms with Crippen molar-refractivity contribution >= 4 is 11.9 Å². The predicted molar refractivity (Wildman–Crippen MR) is 92.5 cm³/mol. The summed E-state index contributed by atoms with van der Waals surface area (Å²) in [6.45, 7) is 3.24. The van der Waals surface area contributed by atoms with Crippen LogP contribution in [0.4, 0.5) is 0 Å². The number of hydrogen-bond acceptors (Lipinski definition) is 5. The van der Waals surface area contributed by atoms with Crippen molar-refractivity contribution in [3.05, 3.63) is 0 Å². The molecule has 24 heavy (non-hydrogen) atoms. The summed E-state index contributed by atoms with van der Waals surface area (Å²) in [7, 11) is 0. The van der Waals surface area contributed by atoms with Gasteiger partial charge in [0.2, 0.25) is 0 Å². The predicted octanol–water partition coefficient (Wildman–Crippen LogP) is 3.76. The van der Waals surface area contributed by atoms with Gasteiger partial charge in [0, 0.05) is 6.92 Å². The molecule has 1 fully saturated rings. The standard InChI is InChI=1S/C19H34O5/c1-3-4-5-6-7-8-9-10-11-12-13-16-18(23-15(2)21)17(14-20)24-19(16)22/h16-18,20H,3-14H2,1-2H3/t16?,17-,18+/m1/s1. The van der Waals surface area contributed by atoms with E-state index < -0.39 is 24.1 Å². The molecule has 0 aromatic carbocycles. The lowest BCUT2D eigenvalue weighted by molar-refractivity contribution is -0.152. The summed E-state index contributed by atoms with van der Waals surface area (Å²) in [5.41, 5.74) is 0. The molecule has 0 amide bonds. The van der Waals surface area contributed by atoms with Crippen molar-refractivity contribution < 1.29 is 24.2 Å². The maximum atomic E-state index is 11.9. The van der Waals surface area contributed by atoms with Gasteiger partial charge in [-0.25, -0.2) is 0 Å². The highest BCUT2D eigenvalue weighted by Gasteiger charge is 2.46. The van der Waals surface area contributed by atoms with E-state index in [4.69, 9.17) is 9.47 Å². The maximum Gasteiger partial charge on any atom is 0.313 e. The van der Waals surface area contributed by atoms with E-state index in [-0.39, 0.29) is 12.6 Å². The second kappa shape index (κ2) is 12.3. The molecule has 0 aromatic heterocycles. The zero-order valence-corrected chi connectivity index (χ0v) is 15.3. The molecule has 0 saturated carbocycles. The number of rotatable bonds is 13. The lowest BCUT2D eigenvalue weighted by atomic mass is 9.94. The Morgan fingerprint density at radius 3 is 2.08 bits per heavy atom. The van der Waals surface area contributed by atoms with Crippen LogP contribution in [0.3, 0.4) is 0 Å². The first-order valence-corrected chi connectivity index (χ1v) is 9.58. The van der Waals surface area contributed by atoms with Gasteiger partial charge in [0.25, 0.3) is 0 Å². The van der Waals surface area contributed by atoms with E-state index in [1.807, 2.05) is 0 Å². The average molecular weight is 342 g/mol. The molecule has 0 aromatic rings. The van der Waals surface area contributed by atoms with Crippen molar-refractivity contribution in [2.75, 3.05) is 6.61 Å². The van der Waals surface area contributed by atoms with Crippen molar-refractivity contribution in [1.29, 1.82) is 0 Å². The van der Waals surface area contributed by atoms with Gasteiger partial charge in [0.05, 0.1) is 12.5 Å². The molecule has 140 valence electrons. The van der Waals surface area contributed by atoms with Crippen LogP contribution in [0.2, 0.25) is 0 Å². The average Bonchev–Trinajstić information content (AvgIpc) is 2.84. The Morgan fingerprint density at radius 1 is 1.04 bits per heavy atom. The van der Waals surface area contributed by atoms with Gasteiger partial charge in [-0.2, -0.15) is 0 Å². The Bertz CT molecular complexity index is 369. The Labute approximate surface area is 146 Å². The van der Waals surface area contributed by atoms with Gasteiger partial charge in [-0.3, -0.25) is 9.59 Å². The summed E-state index contributed by atoms with van der Waals surface area (Å²) >= 11 is 0. The van der Waals surface area contributed by atoms with Gasteiger partial charge in [0.1, 0.15) is 0 Å². The van der Waals surface area contributed by atoms with E-state index in [0.717, 1.165) is 12.8 Å². The fourth-order valence-electron chi connectivity index (χ4n) is 3.32. The maximum absolute atomic E-state index is 11.9. The van der Waals surface area contributed by atoms with Crippen LogP contribution in [0.25, 0.3) is 0 Å². The topological polar surface area (TPSA) is 72.8 Å². The van der Waals surface area contributed by atoms with E-state index in [0.29, 0.717) is 6.42 Å². The summed E-state index contributed by atoms with van der Waals surface area (Å²) in [6.07, 6.45) is 11.7. The third-order valence-electron chi connectivity index (χ3n) is 4.68. The van der Waals surface area contributed by atoms with E-state index in [9.17, 15) is 14.7 Å². The minimum absolute atomic E-state index is 0.307. The van der Waals surface area contributed by atoms with Crippen molar-refractivity contribution in [2.45, 2.75) is 96.7 Å². The number of carbonyl (C=O) groups is 2. The molecule has 1 N–H and O–H groups in total. The number of ether oxygens (including phenoxy) is 2. The highest BCUT2D eigenvalue weighted by molar-refractivity contribution is 5.77. The number of cyclic esters (lactones) is 1. The normalized spacial score (nSPS) is 23.3. The molecular weight excluding hydrogens is 308 g/mol. The van der Waals surface area contributed by atoms with Crippen LogP contribution in [0, 0.1) is 5.92 Å². The van der Waals surface area contributed by atoms with Gasteiger partial charge in [-0.15, -0.1) is 0 Å². The molecule has 3 atom stereocenters. The smallest absolute Gasteiger partial charge is 0.313 e. The second-order valence-electron chi connectivity index (χ2n) is 6.81. The monoisotopic (exact) mass is 342 g/mol. The molecule has 0 aliphatic carbocycles. The molecule has 0 spiro atoms. The van der Waals surface area contributed by atoms with E-state index >= 15 is 0 Å². The molecule has 1 aliphatic heterocycles. The molecule has 5 nitrogen and oxygen atoms in total. The van der Waals surface area contributed by atoms with Gasteiger partial charge in [0.15, 0.2) is 12.2 Å². The van der Waals surface area contributed by atoms with Crippen molar-refractivity contribution in [3.63, 3.8) is 0 Å². The van der Waals surface area contributed by atoms with E-state index in [1.165, 1.54) is 58.3 Å². The summed E-state index contributed by atoms with van der Waals surface area (Å²) in [4.78, 5) is 23.1. The summed E-state index contributed by atoms with van der Waals surface area (Å²) in [5, 5.41) is 9.26. The third-order valence-corrected chi connectivity index (χ3v) is 4.68. The van der Waals surface area contributed by atoms with Crippen molar-refractivity contribution in [2.24, 2.45) is 5.92 Å². The zero-order chi connectivity index (χ0) is 17.8. The molecule has 1 heterocycles. The number of esters is 2. The Hall–Kier alpha value is -1.10. The van der Waals surface area contributed by atoms with Crippen LogP contribution in [-0.4, -0.2) is 35.9 Å². The summed E-state index contributed by atoms with van der Waals surface area (Å²) in [6, 6.07) is 0. The Kier molecular flexibility index (Phi) is 10.7. The first kappa shape index (κ1) is 20.9. The molecule has 0 bridgehead atoms. The second-order valence-corrected chi connectivity index (χ2v) is 6.81. The molecule has 0 radical (unpaired) electrons. The highest BCUT2D eigenvalue weighted by Crippen LogP contribution is 2.29. The summed E-state index contributed by atoms with van der Waals surface area (Å²) < 4.78 is 10.3. The van der Waals surface area contributed by atoms with Crippen LogP contribution < -0.4 is 0 Å². The van der Waals surface area contributed by atoms with Crippen LogP contribution in [0.1, 0.15) is 84.5 Å². The number of carbonyl (C=O) groups excluding carboxylic acids is 2. The van der Waals surface area contributed by atoms with Gasteiger partial charge in [-0.1, -0.05) is 71.1 Å². The number of hydrogen-bond donors (Lipinski definition) is 1. The van der Waals surface area contributed by atoms with E-state index in [1.54, 1.807) is 0 Å². The molecular formula is C19H34O5. The number of unbranched alkanes of at least 4 members (excludes halogenated alkanes) is 9.